The van der Waals surface area contributed by atoms with E-state index in [4.69, 9.17) is 4.74 Å². The number of ether oxygens (including phenoxy) is 1. The van der Waals surface area contributed by atoms with Gasteiger partial charge in [0.25, 0.3) is 5.56 Å². The van der Waals surface area contributed by atoms with Gasteiger partial charge in [-0.1, -0.05) is 30.3 Å². The Labute approximate surface area is 155 Å². The summed E-state index contributed by atoms with van der Waals surface area (Å²) in [5, 5.41) is 5.91. The Morgan fingerprint density at radius 2 is 2.15 bits per heavy atom. The van der Waals surface area contributed by atoms with Gasteiger partial charge in [0.05, 0.1) is 30.1 Å². The van der Waals surface area contributed by atoms with Crippen LogP contribution in [0, 0.1) is 0 Å². The minimum Gasteiger partial charge on any atom is -0.383 e. The molecule has 0 saturated heterocycles. The van der Waals surface area contributed by atoms with E-state index in [1.807, 2.05) is 36.4 Å². The van der Waals surface area contributed by atoms with Crippen LogP contribution in [0.1, 0.15) is 11.3 Å². The molecule has 3 heterocycles. The summed E-state index contributed by atoms with van der Waals surface area (Å²) in [6, 6.07) is 11.5. The lowest BCUT2D eigenvalue weighted by molar-refractivity contribution is 0.175. The van der Waals surface area contributed by atoms with Crippen LogP contribution in [0.25, 0.3) is 16.9 Å². The molecular formula is C19H21N5O3. The summed E-state index contributed by atoms with van der Waals surface area (Å²) in [6.45, 7) is 1.67. The molecule has 0 unspecified atom stereocenters. The number of nitrogens with zero attached hydrogens (tertiary/aromatic N) is 3. The number of benzene rings is 1. The molecule has 2 aromatic heterocycles. The lowest BCUT2D eigenvalue weighted by atomic mass is 10.1. The summed E-state index contributed by atoms with van der Waals surface area (Å²) in [7, 11) is 1.58. The van der Waals surface area contributed by atoms with Gasteiger partial charge < -0.3 is 15.0 Å². The third-order valence-electron chi connectivity index (χ3n) is 4.72. The third kappa shape index (κ3) is 3.31. The molecule has 4 rings (SSSR count). The van der Waals surface area contributed by atoms with Crippen LogP contribution < -0.4 is 10.9 Å². The highest BCUT2D eigenvalue weighted by molar-refractivity contribution is 5.74. The van der Waals surface area contributed by atoms with Gasteiger partial charge in [0.15, 0.2) is 5.65 Å². The van der Waals surface area contributed by atoms with Crippen LogP contribution in [0.5, 0.6) is 0 Å². The van der Waals surface area contributed by atoms with Crippen molar-refractivity contribution in [2.45, 2.75) is 13.0 Å². The van der Waals surface area contributed by atoms with Crippen LogP contribution in [-0.2, 0) is 17.7 Å². The number of rotatable bonds is 4. The van der Waals surface area contributed by atoms with Gasteiger partial charge in [-0.2, -0.15) is 0 Å². The minimum absolute atomic E-state index is 0.161. The maximum Gasteiger partial charge on any atom is 0.317 e. The number of aromatic amines is 1. The number of amides is 2. The van der Waals surface area contributed by atoms with Crippen molar-refractivity contribution in [3.8, 4) is 11.3 Å². The lowest BCUT2D eigenvalue weighted by Crippen LogP contribution is -2.45. The molecule has 1 aliphatic rings. The van der Waals surface area contributed by atoms with Crippen LogP contribution in [0.4, 0.5) is 4.79 Å². The molecule has 0 saturated carbocycles. The predicted molar refractivity (Wildman–Crippen MR) is 101 cm³/mol. The maximum atomic E-state index is 13.0. The van der Waals surface area contributed by atoms with E-state index in [0.717, 1.165) is 17.0 Å². The van der Waals surface area contributed by atoms with Crippen molar-refractivity contribution in [1.82, 2.24) is 24.8 Å². The molecule has 0 bridgehead atoms. The van der Waals surface area contributed by atoms with Crippen LogP contribution in [0.3, 0.4) is 0 Å². The van der Waals surface area contributed by atoms with E-state index in [-0.39, 0.29) is 18.1 Å². The molecule has 140 valence electrons. The Hall–Kier alpha value is -3.13. The summed E-state index contributed by atoms with van der Waals surface area (Å²) in [5.74, 6) is 0. The number of carbonyl (C=O) groups excluding carboxylic acids is 1. The molecule has 27 heavy (non-hydrogen) atoms. The van der Waals surface area contributed by atoms with Gasteiger partial charge in [-0.05, 0) is 5.56 Å². The van der Waals surface area contributed by atoms with Crippen molar-refractivity contribution < 1.29 is 9.53 Å². The van der Waals surface area contributed by atoms with Crippen LogP contribution in [0.15, 0.2) is 41.2 Å². The fraction of sp³-hybridized carbons (Fsp3) is 0.316. The zero-order chi connectivity index (χ0) is 18.8. The average molecular weight is 367 g/mol. The van der Waals surface area contributed by atoms with Gasteiger partial charge in [0.1, 0.15) is 0 Å². The summed E-state index contributed by atoms with van der Waals surface area (Å²) in [4.78, 5) is 31.5. The van der Waals surface area contributed by atoms with Crippen molar-refractivity contribution in [3.05, 3.63) is 58.0 Å². The highest BCUT2D eigenvalue weighted by Crippen LogP contribution is 2.20. The monoisotopic (exact) mass is 367 g/mol. The topological polar surface area (TPSA) is 91.7 Å². The van der Waals surface area contributed by atoms with Crippen LogP contribution in [-0.4, -0.2) is 52.3 Å². The molecule has 8 heteroatoms. The largest absolute Gasteiger partial charge is 0.383 e. The Bertz CT molecular complexity index is 1020. The predicted octanol–water partition coefficient (Wildman–Crippen LogP) is 1.40. The fourth-order valence-electron chi connectivity index (χ4n) is 3.29. The molecule has 0 radical (unpaired) electrons. The van der Waals surface area contributed by atoms with Gasteiger partial charge >= 0.3 is 6.03 Å². The number of methoxy groups -OCH3 is 1. The first-order chi connectivity index (χ1) is 13.2. The molecule has 1 aliphatic heterocycles. The van der Waals surface area contributed by atoms with Gasteiger partial charge in [0, 0.05) is 32.7 Å². The van der Waals surface area contributed by atoms with Crippen molar-refractivity contribution in [1.29, 1.82) is 0 Å². The number of urea groups is 1. The fourth-order valence-corrected chi connectivity index (χ4v) is 3.29. The summed E-state index contributed by atoms with van der Waals surface area (Å²) in [5.41, 5.74) is 3.57. The molecule has 0 aliphatic carbocycles. The zero-order valence-corrected chi connectivity index (χ0v) is 15.1. The molecule has 0 spiro atoms. The molecule has 2 N–H and O–H groups in total. The standard InChI is InChI=1S/C19H21N5O3/c1-27-10-8-20-19(26)23-9-7-15-14(12-23)18(25)24-17(21-15)11-16(22-24)13-5-3-2-4-6-13/h2-6,11,22H,7-10,12H2,1H3,(H,20,26). The van der Waals surface area contributed by atoms with E-state index in [9.17, 15) is 9.59 Å². The molecule has 0 fully saturated rings. The summed E-state index contributed by atoms with van der Waals surface area (Å²) in [6.07, 6.45) is 0.560. The van der Waals surface area contributed by atoms with E-state index in [1.165, 1.54) is 4.52 Å². The van der Waals surface area contributed by atoms with E-state index < -0.39 is 0 Å². The van der Waals surface area contributed by atoms with Crippen LogP contribution >= 0.6 is 0 Å². The quantitative estimate of drug-likeness (QED) is 0.682. The lowest BCUT2D eigenvalue weighted by Gasteiger charge is -2.27. The number of aromatic nitrogens is 3. The SMILES string of the molecule is COCCNC(=O)N1CCc2nc3cc(-c4ccccc4)[nH]n3c(=O)c2C1. The number of hydrogen-bond donors (Lipinski definition) is 2. The first kappa shape index (κ1) is 17.3. The second kappa shape index (κ2) is 7.24. The molecule has 8 nitrogen and oxygen atoms in total. The van der Waals surface area contributed by atoms with Gasteiger partial charge in [-0.15, -0.1) is 0 Å². The highest BCUT2D eigenvalue weighted by atomic mass is 16.5. The molecular weight excluding hydrogens is 346 g/mol. The average Bonchev–Trinajstić information content (AvgIpc) is 3.13. The van der Waals surface area contributed by atoms with Gasteiger partial charge in [0.2, 0.25) is 0 Å². The van der Waals surface area contributed by atoms with Crippen LogP contribution in [0.2, 0.25) is 0 Å². The number of H-pyrrole nitrogens is 1. The molecule has 0 atom stereocenters. The molecule has 3 aromatic rings. The van der Waals surface area contributed by atoms with E-state index in [1.54, 1.807) is 12.0 Å². The van der Waals surface area contributed by atoms with Crippen molar-refractivity contribution in [2.75, 3.05) is 26.8 Å². The Morgan fingerprint density at radius 3 is 2.93 bits per heavy atom. The van der Waals surface area contributed by atoms with Gasteiger partial charge in [-0.25, -0.2) is 14.3 Å². The van der Waals surface area contributed by atoms with Crippen molar-refractivity contribution in [2.24, 2.45) is 0 Å². The maximum absolute atomic E-state index is 13.0. The Morgan fingerprint density at radius 1 is 1.33 bits per heavy atom. The normalized spacial score (nSPS) is 13.6. The first-order valence-electron chi connectivity index (χ1n) is 8.88. The number of nitrogens with one attached hydrogen (secondary N) is 2. The van der Waals surface area contributed by atoms with E-state index in [0.29, 0.717) is 37.3 Å². The van der Waals surface area contributed by atoms with Gasteiger partial charge in [-0.3, -0.25) is 9.89 Å². The molecule has 1 aromatic carbocycles. The smallest absolute Gasteiger partial charge is 0.317 e. The number of hydrogen-bond acceptors (Lipinski definition) is 4. The summed E-state index contributed by atoms with van der Waals surface area (Å²) >= 11 is 0. The van der Waals surface area contributed by atoms with E-state index in [2.05, 4.69) is 15.4 Å². The zero-order valence-electron chi connectivity index (χ0n) is 15.1. The number of fused-ring (bicyclic) bond motifs is 2. The summed E-state index contributed by atoms with van der Waals surface area (Å²) < 4.78 is 6.39. The second-order valence-electron chi connectivity index (χ2n) is 6.47. The third-order valence-corrected chi connectivity index (χ3v) is 4.72. The van der Waals surface area contributed by atoms with Crippen molar-refractivity contribution in [3.63, 3.8) is 0 Å². The van der Waals surface area contributed by atoms with Crippen molar-refractivity contribution >= 4 is 11.7 Å². The molecule has 2 amide bonds. The Balaban J connectivity index is 1.64. The first-order valence-corrected chi connectivity index (χ1v) is 8.88. The second-order valence-corrected chi connectivity index (χ2v) is 6.47. The Kier molecular flexibility index (Phi) is 4.64. The highest BCUT2D eigenvalue weighted by Gasteiger charge is 2.25. The minimum atomic E-state index is -0.196. The van der Waals surface area contributed by atoms with E-state index >= 15 is 0 Å². The number of carbonyl (C=O) groups is 1.